The fraction of sp³-hybridized carbons (Fsp3) is 0.294. The summed E-state index contributed by atoms with van der Waals surface area (Å²) in [4.78, 5) is 21.9. The molecular weight excluding hydrogens is 359 g/mol. The molecule has 3 aromatic rings. The van der Waals surface area contributed by atoms with E-state index in [-0.39, 0.29) is 17.0 Å². The van der Waals surface area contributed by atoms with Gasteiger partial charge in [0.1, 0.15) is 11.3 Å². The fourth-order valence-corrected chi connectivity index (χ4v) is 4.63. The highest BCUT2D eigenvalue weighted by Crippen LogP contribution is 2.33. The number of hydrogen-bond acceptors (Lipinski definition) is 4. The average molecular weight is 376 g/mol. The van der Waals surface area contributed by atoms with E-state index in [1.807, 2.05) is 6.92 Å². The largest absolute Gasteiger partial charge is 0.348 e. The van der Waals surface area contributed by atoms with Crippen molar-refractivity contribution in [3.63, 3.8) is 0 Å². The lowest BCUT2D eigenvalue weighted by molar-refractivity contribution is 0.0726. The van der Waals surface area contributed by atoms with E-state index in [1.165, 1.54) is 12.1 Å². The van der Waals surface area contributed by atoms with Gasteiger partial charge in [0, 0.05) is 29.7 Å². The van der Waals surface area contributed by atoms with Crippen LogP contribution in [0.15, 0.2) is 24.5 Å². The Balaban J connectivity index is 1.90. The number of imidazole rings is 1. The zero-order chi connectivity index (χ0) is 18.6. The normalized spacial score (nSPS) is 14.9. The maximum absolute atomic E-state index is 14.4. The number of fused-ring (bicyclic) bond motifs is 3. The lowest BCUT2D eigenvalue weighted by atomic mass is 10.0. The summed E-state index contributed by atoms with van der Waals surface area (Å²) in [6.07, 6.45) is 2.91. The molecule has 1 amide bonds. The van der Waals surface area contributed by atoms with Gasteiger partial charge in [0.2, 0.25) is 10.0 Å². The molecule has 9 heteroatoms. The van der Waals surface area contributed by atoms with Gasteiger partial charge in [-0.2, -0.15) is 0 Å². The Morgan fingerprint density at radius 1 is 1.35 bits per heavy atom. The van der Waals surface area contributed by atoms with Gasteiger partial charge in [-0.1, -0.05) is 12.1 Å². The monoisotopic (exact) mass is 376 g/mol. The molecule has 0 aliphatic carbocycles. The first-order chi connectivity index (χ1) is 12.3. The minimum absolute atomic E-state index is 0.0637. The smallest absolute Gasteiger partial charge is 0.256 e. The van der Waals surface area contributed by atoms with Crippen molar-refractivity contribution < 1.29 is 17.6 Å². The number of aryl methyl sites for hydroxylation is 1. The molecule has 1 aliphatic rings. The van der Waals surface area contributed by atoms with Crippen LogP contribution in [0.5, 0.6) is 0 Å². The van der Waals surface area contributed by atoms with Crippen molar-refractivity contribution in [1.82, 2.24) is 18.8 Å². The number of amides is 1. The number of rotatable bonds is 3. The summed E-state index contributed by atoms with van der Waals surface area (Å²) < 4.78 is 40.0. The Hall–Kier alpha value is -2.68. The van der Waals surface area contributed by atoms with Crippen LogP contribution in [0.4, 0.5) is 4.39 Å². The zero-order valence-corrected chi connectivity index (χ0v) is 15.1. The summed E-state index contributed by atoms with van der Waals surface area (Å²) in [5.74, 6) is -0.975. The number of benzene rings is 1. The zero-order valence-electron chi connectivity index (χ0n) is 14.3. The number of carbonyl (C=O) groups is 1. The second kappa shape index (κ2) is 5.66. The number of halogens is 1. The highest BCUT2D eigenvalue weighted by molar-refractivity contribution is 7.89. The molecule has 0 fully saturated rings. The molecule has 0 spiro atoms. The Morgan fingerprint density at radius 2 is 2.12 bits per heavy atom. The number of hydrogen-bond donors (Lipinski definition) is 1. The molecule has 3 heterocycles. The van der Waals surface area contributed by atoms with Gasteiger partial charge in [-0.15, -0.1) is 0 Å². The molecule has 0 unspecified atom stereocenters. The molecule has 4 rings (SSSR count). The van der Waals surface area contributed by atoms with Crippen LogP contribution in [0.25, 0.3) is 10.9 Å². The summed E-state index contributed by atoms with van der Waals surface area (Å²) in [6, 6.07) is 4.26. The third kappa shape index (κ3) is 2.42. The minimum atomic E-state index is -3.76. The van der Waals surface area contributed by atoms with Crippen molar-refractivity contribution in [1.29, 1.82) is 0 Å². The van der Waals surface area contributed by atoms with Crippen molar-refractivity contribution in [2.45, 2.75) is 19.9 Å². The Bertz CT molecular complexity index is 1150. The second-order valence-electron chi connectivity index (χ2n) is 6.44. The van der Waals surface area contributed by atoms with Gasteiger partial charge < -0.3 is 9.88 Å². The average Bonchev–Trinajstić information content (AvgIpc) is 3.12. The predicted molar refractivity (Wildman–Crippen MR) is 93.9 cm³/mol. The van der Waals surface area contributed by atoms with E-state index in [9.17, 15) is 17.6 Å². The number of aromatic amines is 1. The van der Waals surface area contributed by atoms with Crippen LogP contribution in [0, 0.1) is 12.7 Å². The Kier molecular flexibility index (Phi) is 3.65. The molecule has 26 heavy (non-hydrogen) atoms. The number of nitrogens with zero attached hydrogens (tertiary/aromatic N) is 3. The first-order valence-electron chi connectivity index (χ1n) is 8.09. The predicted octanol–water partition coefficient (Wildman–Crippen LogP) is 1.82. The summed E-state index contributed by atoms with van der Waals surface area (Å²) in [6.45, 7) is 2.52. The SMILES string of the molecule is Cc1[nH]cnc1CN1CCc2c(c3cccc(F)c3n2S(C)(=O)=O)C1=O. The third-order valence-electron chi connectivity index (χ3n) is 4.72. The summed E-state index contributed by atoms with van der Waals surface area (Å²) in [5, 5.41) is 0.318. The molecule has 0 saturated carbocycles. The van der Waals surface area contributed by atoms with Crippen LogP contribution >= 0.6 is 0 Å². The molecule has 136 valence electrons. The molecule has 0 atom stereocenters. The van der Waals surface area contributed by atoms with Crippen LogP contribution in [0.1, 0.15) is 27.4 Å². The molecule has 2 aromatic heterocycles. The van der Waals surface area contributed by atoms with Gasteiger partial charge in [0.05, 0.1) is 30.4 Å². The van der Waals surface area contributed by atoms with Gasteiger partial charge in [-0.05, 0) is 13.0 Å². The van der Waals surface area contributed by atoms with E-state index in [1.54, 1.807) is 17.3 Å². The third-order valence-corrected chi connectivity index (χ3v) is 5.79. The lowest BCUT2D eigenvalue weighted by Crippen LogP contribution is -2.38. The van der Waals surface area contributed by atoms with Crippen LogP contribution in [0.3, 0.4) is 0 Å². The highest BCUT2D eigenvalue weighted by Gasteiger charge is 2.34. The van der Waals surface area contributed by atoms with Gasteiger partial charge in [-0.25, -0.2) is 21.8 Å². The molecular formula is C17H17FN4O3S. The van der Waals surface area contributed by atoms with Gasteiger partial charge in [0.15, 0.2) is 0 Å². The summed E-state index contributed by atoms with van der Waals surface area (Å²) >= 11 is 0. The topological polar surface area (TPSA) is 88.1 Å². The maximum Gasteiger partial charge on any atom is 0.256 e. The van der Waals surface area contributed by atoms with Gasteiger partial charge in [-0.3, -0.25) is 4.79 Å². The Morgan fingerprint density at radius 3 is 2.77 bits per heavy atom. The molecule has 0 saturated heterocycles. The van der Waals surface area contributed by atoms with Crippen molar-refractivity contribution in [2.75, 3.05) is 12.8 Å². The molecule has 0 radical (unpaired) electrons. The number of para-hydroxylation sites is 1. The van der Waals surface area contributed by atoms with Crippen molar-refractivity contribution in [3.05, 3.63) is 53.0 Å². The quantitative estimate of drug-likeness (QED) is 0.755. The van der Waals surface area contributed by atoms with E-state index in [0.29, 0.717) is 30.6 Å². The standard InChI is InChI=1S/C17H17FN4O3S/c1-10-13(20-9-19-10)8-21-7-6-14-15(17(21)23)11-4-3-5-12(18)16(11)22(14)26(2,24)25/h3-5,9H,6-8H2,1-2H3,(H,19,20). The van der Waals surface area contributed by atoms with E-state index in [4.69, 9.17) is 0 Å². The van der Waals surface area contributed by atoms with Crippen molar-refractivity contribution in [3.8, 4) is 0 Å². The van der Waals surface area contributed by atoms with Crippen LogP contribution in [-0.2, 0) is 23.0 Å². The number of H-pyrrole nitrogens is 1. The van der Waals surface area contributed by atoms with E-state index >= 15 is 0 Å². The van der Waals surface area contributed by atoms with Crippen LogP contribution in [0.2, 0.25) is 0 Å². The molecule has 1 N–H and O–H groups in total. The van der Waals surface area contributed by atoms with Crippen LogP contribution < -0.4 is 0 Å². The van der Waals surface area contributed by atoms with E-state index in [0.717, 1.165) is 21.6 Å². The van der Waals surface area contributed by atoms with Crippen LogP contribution in [-0.4, -0.2) is 46.0 Å². The van der Waals surface area contributed by atoms with E-state index in [2.05, 4.69) is 9.97 Å². The Labute approximate surface area is 149 Å². The molecule has 1 aromatic carbocycles. The molecule has 0 bridgehead atoms. The highest BCUT2D eigenvalue weighted by atomic mass is 32.2. The van der Waals surface area contributed by atoms with Gasteiger partial charge in [0.25, 0.3) is 5.91 Å². The first-order valence-corrected chi connectivity index (χ1v) is 9.94. The second-order valence-corrected chi connectivity index (χ2v) is 8.27. The number of nitrogens with one attached hydrogen (secondary N) is 1. The number of aromatic nitrogens is 3. The number of carbonyl (C=O) groups excluding carboxylic acids is 1. The summed E-state index contributed by atoms with van der Waals surface area (Å²) in [5.41, 5.74) is 2.15. The lowest BCUT2D eigenvalue weighted by Gasteiger charge is -2.27. The summed E-state index contributed by atoms with van der Waals surface area (Å²) in [7, 11) is -3.76. The fourth-order valence-electron chi connectivity index (χ4n) is 3.53. The first kappa shape index (κ1) is 16.8. The molecule has 7 nitrogen and oxygen atoms in total. The molecule has 1 aliphatic heterocycles. The van der Waals surface area contributed by atoms with Gasteiger partial charge >= 0.3 is 0 Å². The minimum Gasteiger partial charge on any atom is -0.348 e. The maximum atomic E-state index is 14.4. The van der Waals surface area contributed by atoms with Crippen molar-refractivity contribution in [2.24, 2.45) is 0 Å². The van der Waals surface area contributed by atoms with E-state index < -0.39 is 15.8 Å². The van der Waals surface area contributed by atoms with Crippen molar-refractivity contribution >= 4 is 26.8 Å².